The molecule has 0 spiro atoms. The molecule has 6 nitrogen and oxygen atoms in total. The van der Waals surface area contributed by atoms with E-state index >= 15 is 0 Å². The third-order valence-corrected chi connectivity index (χ3v) is 4.89. The number of amides is 1. The van der Waals surface area contributed by atoms with Gasteiger partial charge in [0, 0.05) is 17.4 Å². The first-order valence-electron chi connectivity index (χ1n) is 8.82. The van der Waals surface area contributed by atoms with Crippen molar-refractivity contribution in [1.29, 1.82) is 0 Å². The number of halogens is 2. The number of imidazole rings is 1. The minimum atomic E-state index is -0.848. The van der Waals surface area contributed by atoms with Crippen LogP contribution in [0, 0.1) is 11.6 Å². The monoisotopic (exact) mass is 411 g/mol. The van der Waals surface area contributed by atoms with Gasteiger partial charge < -0.3 is 15.0 Å². The highest BCUT2D eigenvalue weighted by molar-refractivity contribution is 7.99. The van der Waals surface area contributed by atoms with E-state index in [9.17, 15) is 18.4 Å². The molecule has 1 aromatic heterocycles. The van der Waals surface area contributed by atoms with Crippen molar-refractivity contribution >= 4 is 23.6 Å². The van der Waals surface area contributed by atoms with E-state index in [1.165, 1.54) is 30.8 Å². The largest absolute Gasteiger partial charge is 0.450 e. The maximum atomic E-state index is 13.6. The molecular formula is C19H23F2N3O3S. The van der Waals surface area contributed by atoms with Crippen LogP contribution in [0.5, 0.6) is 0 Å². The summed E-state index contributed by atoms with van der Waals surface area (Å²) in [4.78, 5) is 27.5. The number of nitrogens with zero attached hydrogens (tertiary/aromatic N) is 2. The van der Waals surface area contributed by atoms with Crippen LogP contribution in [-0.2, 0) is 22.5 Å². The standard InChI is InChI=1S/C19H23F2N3O3S/c1-11(2)17-18(28-15-8-13(20)7-14(21)9-15)24(10-12(3)25)16(23-17)5-4-6-27-19(22)26/h7-9,11H,4-6,10H2,1-3H3,(H2,22,26). The van der Waals surface area contributed by atoms with Gasteiger partial charge in [-0.15, -0.1) is 0 Å². The van der Waals surface area contributed by atoms with E-state index in [-0.39, 0.29) is 24.9 Å². The van der Waals surface area contributed by atoms with Gasteiger partial charge in [0.25, 0.3) is 0 Å². The first-order valence-corrected chi connectivity index (χ1v) is 9.64. The Balaban J connectivity index is 2.39. The number of carbonyl (C=O) groups is 2. The number of ketones is 1. The summed E-state index contributed by atoms with van der Waals surface area (Å²) in [5, 5.41) is 0.668. The Labute approximate surface area is 166 Å². The minimum absolute atomic E-state index is 0.0368. The highest BCUT2D eigenvalue weighted by Crippen LogP contribution is 2.35. The Hall–Kier alpha value is -2.42. The summed E-state index contributed by atoms with van der Waals surface area (Å²) in [7, 11) is 0. The Morgan fingerprint density at radius 2 is 1.89 bits per heavy atom. The predicted octanol–water partition coefficient (Wildman–Crippen LogP) is 4.05. The predicted molar refractivity (Wildman–Crippen MR) is 101 cm³/mol. The first-order chi connectivity index (χ1) is 13.2. The lowest BCUT2D eigenvalue weighted by molar-refractivity contribution is -0.117. The fraction of sp³-hybridized carbons (Fsp3) is 0.421. The molecule has 0 aliphatic rings. The normalized spacial score (nSPS) is 11.1. The van der Waals surface area contributed by atoms with Crippen molar-refractivity contribution in [1.82, 2.24) is 9.55 Å². The van der Waals surface area contributed by atoms with Crippen LogP contribution in [0.2, 0.25) is 0 Å². The molecule has 0 aliphatic heterocycles. The Bertz CT molecular complexity index is 848. The van der Waals surface area contributed by atoms with Crippen molar-refractivity contribution in [2.24, 2.45) is 5.73 Å². The number of aromatic nitrogens is 2. The number of hydrogen-bond donors (Lipinski definition) is 1. The molecule has 0 unspecified atom stereocenters. The molecule has 9 heteroatoms. The fourth-order valence-corrected chi connectivity index (χ4v) is 3.90. The van der Waals surface area contributed by atoms with Gasteiger partial charge in [-0.05, 0) is 31.4 Å². The summed E-state index contributed by atoms with van der Waals surface area (Å²) in [6, 6.07) is 3.29. The Morgan fingerprint density at radius 3 is 2.43 bits per heavy atom. The SMILES string of the molecule is CC(=O)Cn1c(CCCOC(N)=O)nc(C(C)C)c1Sc1cc(F)cc(F)c1. The van der Waals surface area contributed by atoms with Crippen LogP contribution in [0.1, 0.15) is 44.6 Å². The van der Waals surface area contributed by atoms with Crippen molar-refractivity contribution in [3.05, 3.63) is 41.4 Å². The van der Waals surface area contributed by atoms with Crippen molar-refractivity contribution in [2.45, 2.75) is 56.0 Å². The molecule has 2 N–H and O–H groups in total. The molecule has 1 heterocycles. The van der Waals surface area contributed by atoms with Crippen LogP contribution in [-0.4, -0.2) is 28.0 Å². The van der Waals surface area contributed by atoms with E-state index in [2.05, 4.69) is 4.98 Å². The third kappa shape index (κ3) is 6.05. The lowest BCUT2D eigenvalue weighted by atomic mass is 10.1. The number of carbonyl (C=O) groups excluding carboxylic acids is 2. The van der Waals surface area contributed by atoms with Gasteiger partial charge in [-0.25, -0.2) is 18.6 Å². The molecule has 1 amide bonds. The average Bonchev–Trinajstić information content (AvgIpc) is 2.88. The van der Waals surface area contributed by atoms with Crippen LogP contribution < -0.4 is 5.73 Å². The first kappa shape index (κ1) is 21.9. The molecule has 2 aromatic rings. The number of Topliss-reactive ketones (excluding diaryl/α,β-unsaturated/α-hetero) is 1. The zero-order chi connectivity index (χ0) is 20.8. The summed E-state index contributed by atoms with van der Waals surface area (Å²) >= 11 is 1.17. The van der Waals surface area contributed by atoms with Crippen LogP contribution in [0.25, 0.3) is 0 Å². The zero-order valence-electron chi connectivity index (χ0n) is 16.0. The van der Waals surface area contributed by atoms with Gasteiger partial charge in [-0.1, -0.05) is 25.6 Å². The van der Waals surface area contributed by atoms with E-state index < -0.39 is 17.7 Å². The number of benzene rings is 1. The number of primary amides is 1. The summed E-state index contributed by atoms with van der Waals surface area (Å²) in [6.07, 6.45) is 0.0891. The lowest BCUT2D eigenvalue weighted by Crippen LogP contribution is -2.15. The molecule has 0 bridgehead atoms. The Morgan fingerprint density at radius 1 is 1.25 bits per heavy atom. The molecule has 28 heavy (non-hydrogen) atoms. The zero-order valence-corrected chi connectivity index (χ0v) is 16.8. The number of hydrogen-bond acceptors (Lipinski definition) is 5. The number of rotatable bonds is 9. The Kier molecular flexibility index (Phi) is 7.56. The molecule has 0 saturated carbocycles. The fourth-order valence-electron chi connectivity index (χ4n) is 2.66. The molecule has 1 aromatic carbocycles. The molecule has 0 atom stereocenters. The van der Waals surface area contributed by atoms with Gasteiger partial charge in [0.15, 0.2) is 0 Å². The highest BCUT2D eigenvalue weighted by Gasteiger charge is 2.21. The van der Waals surface area contributed by atoms with Crippen molar-refractivity contribution in [2.75, 3.05) is 6.61 Å². The molecule has 0 radical (unpaired) electrons. The van der Waals surface area contributed by atoms with Crippen LogP contribution >= 0.6 is 11.8 Å². The van der Waals surface area contributed by atoms with Gasteiger partial charge in [0.05, 0.1) is 18.8 Å². The summed E-state index contributed by atoms with van der Waals surface area (Å²) in [6.45, 7) is 5.60. The summed E-state index contributed by atoms with van der Waals surface area (Å²) in [5.74, 6) is -0.735. The van der Waals surface area contributed by atoms with Gasteiger partial charge >= 0.3 is 6.09 Å². The molecule has 0 fully saturated rings. The van der Waals surface area contributed by atoms with Gasteiger partial charge in [0.1, 0.15) is 28.3 Å². The third-order valence-electron chi connectivity index (χ3n) is 3.79. The van der Waals surface area contributed by atoms with E-state index in [0.29, 0.717) is 28.6 Å². The van der Waals surface area contributed by atoms with Gasteiger partial charge in [-0.3, -0.25) is 4.79 Å². The van der Waals surface area contributed by atoms with Crippen LogP contribution in [0.4, 0.5) is 13.6 Å². The topological polar surface area (TPSA) is 87.2 Å². The molecule has 152 valence electrons. The summed E-state index contributed by atoms with van der Waals surface area (Å²) in [5.41, 5.74) is 5.69. The smallest absolute Gasteiger partial charge is 0.404 e. The molecule has 0 saturated heterocycles. The van der Waals surface area contributed by atoms with E-state index in [1.807, 2.05) is 13.8 Å². The van der Waals surface area contributed by atoms with Crippen molar-refractivity contribution < 1.29 is 23.1 Å². The highest BCUT2D eigenvalue weighted by atomic mass is 32.2. The van der Waals surface area contributed by atoms with E-state index in [0.717, 1.165) is 11.8 Å². The molecular weight excluding hydrogens is 388 g/mol. The average molecular weight is 411 g/mol. The quantitative estimate of drug-likeness (QED) is 0.629. The second-order valence-corrected chi connectivity index (χ2v) is 7.70. The number of ether oxygens (including phenoxy) is 1. The second-order valence-electron chi connectivity index (χ2n) is 6.64. The van der Waals surface area contributed by atoms with Crippen LogP contribution in [0.3, 0.4) is 0 Å². The second kappa shape index (κ2) is 9.68. The van der Waals surface area contributed by atoms with Gasteiger partial charge in [0.2, 0.25) is 0 Å². The molecule has 0 aliphatic carbocycles. The van der Waals surface area contributed by atoms with Crippen LogP contribution in [0.15, 0.2) is 28.1 Å². The maximum absolute atomic E-state index is 13.6. The number of nitrogens with two attached hydrogens (primary N) is 1. The van der Waals surface area contributed by atoms with E-state index in [4.69, 9.17) is 10.5 Å². The van der Waals surface area contributed by atoms with E-state index in [1.54, 1.807) is 4.57 Å². The minimum Gasteiger partial charge on any atom is -0.450 e. The lowest BCUT2D eigenvalue weighted by Gasteiger charge is -2.12. The molecule has 2 rings (SSSR count). The van der Waals surface area contributed by atoms with Gasteiger partial charge in [-0.2, -0.15) is 0 Å². The van der Waals surface area contributed by atoms with Crippen molar-refractivity contribution in [3.63, 3.8) is 0 Å². The maximum Gasteiger partial charge on any atom is 0.404 e. The summed E-state index contributed by atoms with van der Waals surface area (Å²) < 4.78 is 33.7. The number of aryl methyl sites for hydroxylation is 1. The van der Waals surface area contributed by atoms with Crippen molar-refractivity contribution in [3.8, 4) is 0 Å².